The molecular weight excluding hydrogens is 666 g/mol. The van der Waals surface area contributed by atoms with Gasteiger partial charge in [0.2, 0.25) is 5.67 Å². The summed E-state index contributed by atoms with van der Waals surface area (Å²) in [6.07, 6.45) is -0.772. The fourth-order valence-electron chi connectivity index (χ4n) is 8.83. The van der Waals surface area contributed by atoms with E-state index >= 15 is 4.39 Å². The smallest absolute Gasteiger partial charge is 0.416 e. The van der Waals surface area contributed by atoms with Crippen molar-refractivity contribution >= 4 is 17.6 Å². The second-order valence-electron chi connectivity index (χ2n) is 14.5. The number of aromatic carboxylic acids is 1. The average molecular weight is 710 g/mol. The first-order valence-corrected chi connectivity index (χ1v) is 17.6. The predicted octanol–water partition coefficient (Wildman–Crippen LogP) is 6.74. The van der Waals surface area contributed by atoms with E-state index in [1.807, 2.05) is 17.0 Å². The van der Waals surface area contributed by atoms with E-state index in [-0.39, 0.29) is 36.1 Å². The Kier molecular flexibility index (Phi) is 9.51. The van der Waals surface area contributed by atoms with Crippen LogP contribution in [0.1, 0.15) is 53.1 Å². The fourth-order valence-corrected chi connectivity index (χ4v) is 8.83. The quantitative estimate of drug-likeness (QED) is 0.260. The lowest BCUT2D eigenvalue weighted by molar-refractivity contribution is -0.143. The number of rotatable bonds is 8. The molecule has 3 aliphatic heterocycles. The number of carbonyl (C=O) groups is 2. The molecule has 51 heavy (non-hydrogen) atoms. The van der Waals surface area contributed by atoms with E-state index in [4.69, 9.17) is 9.47 Å². The molecule has 272 valence electrons. The highest BCUT2D eigenvalue weighted by atomic mass is 19.4. The van der Waals surface area contributed by atoms with Crippen molar-refractivity contribution in [2.24, 2.45) is 11.8 Å². The number of benzene rings is 3. The maximum absolute atomic E-state index is 17.6. The summed E-state index contributed by atoms with van der Waals surface area (Å²) in [6.45, 7) is 2.19. The number of carboxylic acids is 1. The first-order chi connectivity index (χ1) is 24.4. The van der Waals surface area contributed by atoms with Crippen molar-refractivity contribution in [3.05, 3.63) is 83.4 Å². The van der Waals surface area contributed by atoms with Crippen molar-refractivity contribution < 1.29 is 41.7 Å². The highest BCUT2D eigenvalue weighted by Gasteiger charge is 2.58. The first-order valence-electron chi connectivity index (χ1n) is 17.6. The molecule has 0 spiro atoms. The van der Waals surface area contributed by atoms with Gasteiger partial charge in [-0.1, -0.05) is 24.3 Å². The Bertz CT molecular complexity index is 1730. The number of hydrogen-bond acceptors (Lipinski definition) is 6. The number of anilines is 1. The summed E-state index contributed by atoms with van der Waals surface area (Å²) in [6, 6.07) is 16.9. The molecule has 0 unspecified atom stereocenters. The molecule has 0 aromatic heterocycles. The Morgan fingerprint density at radius 2 is 1.49 bits per heavy atom. The van der Waals surface area contributed by atoms with Crippen LogP contribution in [-0.2, 0) is 15.7 Å². The van der Waals surface area contributed by atoms with Crippen LogP contribution in [0.15, 0.2) is 66.7 Å². The van der Waals surface area contributed by atoms with E-state index < -0.39 is 35.2 Å². The highest BCUT2D eigenvalue weighted by Crippen LogP contribution is 2.46. The minimum Gasteiger partial charge on any atom is -0.497 e. The molecule has 1 N–H and O–H groups in total. The molecule has 1 aliphatic carbocycles. The van der Waals surface area contributed by atoms with Gasteiger partial charge in [0.05, 0.1) is 24.3 Å². The average Bonchev–Trinajstić information content (AvgIpc) is 3.83. The second-order valence-corrected chi connectivity index (χ2v) is 14.5. The fraction of sp³-hybridized carbons (Fsp3) is 0.487. The number of carboxylic acid groups (broad SMARTS) is 1. The van der Waals surface area contributed by atoms with Crippen molar-refractivity contribution in [3.8, 4) is 16.9 Å². The Balaban J connectivity index is 1.10. The van der Waals surface area contributed by atoms with Crippen LogP contribution in [0, 0.1) is 11.8 Å². The van der Waals surface area contributed by atoms with Gasteiger partial charge in [0.25, 0.3) is 5.91 Å². The second kappa shape index (κ2) is 13.8. The van der Waals surface area contributed by atoms with Crippen molar-refractivity contribution in [3.63, 3.8) is 0 Å². The van der Waals surface area contributed by atoms with Crippen molar-refractivity contribution in [1.29, 1.82) is 0 Å². The number of methoxy groups -OCH3 is 2. The number of nitrogens with zero attached hydrogens (tertiary/aromatic N) is 3. The number of alkyl halides is 4. The van der Waals surface area contributed by atoms with Gasteiger partial charge in [-0.15, -0.1) is 0 Å². The van der Waals surface area contributed by atoms with Crippen LogP contribution in [-0.4, -0.2) is 98.1 Å². The van der Waals surface area contributed by atoms with Gasteiger partial charge >= 0.3 is 12.1 Å². The molecule has 0 bridgehead atoms. The van der Waals surface area contributed by atoms with E-state index in [0.717, 1.165) is 43.4 Å². The Morgan fingerprint density at radius 3 is 2.06 bits per heavy atom. The lowest BCUT2D eigenvalue weighted by Gasteiger charge is -2.34. The van der Waals surface area contributed by atoms with Gasteiger partial charge in [0.15, 0.2) is 0 Å². The minimum absolute atomic E-state index is 0.0170. The number of halogens is 4. The Hall–Kier alpha value is -4.16. The van der Waals surface area contributed by atoms with Crippen molar-refractivity contribution in [1.82, 2.24) is 9.80 Å². The van der Waals surface area contributed by atoms with Crippen LogP contribution in [0.25, 0.3) is 11.1 Å². The number of likely N-dealkylation sites (tertiary alicyclic amines) is 2. The normalized spacial score (nSPS) is 28.2. The number of amides is 1. The molecule has 8 nitrogen and oxygen atoms in total. The van der Waals surface area contributed by atoms with Crippen molar-refractivity contribution in [2.75, 3.05) is 58.4 Å². The molecule has 4 atom stereocenters. The van der Waals surface area contributed by atoms with Crippen LogP contribution >= 0.6 is 0 Å². The molecule has 7 rings (SSSR count). The first kappa shape index (κ1) is 35.3. The zero-order valence-electron chi connectivity index (χ0n) is 28.7. The van der Waals surface area contributed by atoms with Crippen LogP contribution in [0.3, 0.4) is 0 Å². The van der Waals surface area contributed by atoms with Gasteiger partial charge in [0.1, 0.15) is 5.75 Å². The third-order valence-corrected chi connectivity index (χ3v) is 11.7. The SMILES string of the molecule is COc1ccc([C@@H]2CN([C@H]3CC[C@H](OC)CC3)C[C@@]2(F)C(=O)N2C[C@@H]3CN(c4ccc(C(F)(F)F)cc4-c4ccc(C(=O)O)cc4)C[C@@H]3C2)cc1. The zero-order chi connectivity index (χ0) is 36.1. The van der Waals surface area contributed by atoms with E-state index in [0.29, 0.717) is 55.3 Å². The molecule has 1 saturated carbocycles. The monoisotopic (exact) mass is 709 g/mol. The highest BCUT2D eigenvalue weighted by molar-refractivity contribution is 5.89. The summed E-state index contributed by atoms with van der Waals surface area (Å²) in [5.41, 5.74) is -0.682. The predicted molar refractivity (Wildman–Crippen MR) is 184 cm³/mol. The summed E-state index contributed by atoms with van der Waals surface area (Å²) in [7, 11) is 3.30. The molecule has 3 aromatic rings. The lowest BCUT2D eigenvalue weighted by atomic mass is 9.85. The molecule has 4 aliphatic rings. The van der Waals surface area contributed by atoms with Crippen LogP contribution in [0.5, 0.6) is 5.75 Å². The van der Waals surface area contributed by atoms with E-state index in [1.165, 1.54) is 30.3 Å². The van der Waals surface area contributed by atoms with Crippen LogP contribution < -0.4 is 9.64 Å². The number of ether oxygens (including phenoxy) is 2. The number of hydrogen-bond donors (Lipinski definition) is 1. The maximum atomic E-state index is 17.6. The third kappa shape index (κ3) is 6.80. The summed E-state index contributed by atoms with van der Waals surface area (Å²) >= 11 is 0. The number of fused-ring (bicyclic) bond motifs is 1. The molecular formula is C39H43F4N3O5. The topological polar surface area (TPSA) is 82.6 Å². The summed E-state index contributed by atoms with van der Waals surface area (Å²) in [5, 5.41) is 9.32. The van der Waals surface area contributed by atoms with Crippen LogP contribution in [0.4, 0.5) is 23.2 Å². The van der Waals surface area contributed by atoms with Crippen molar-refractivity contribution in [2.45, 2.75) is 55.6 Å². The van der Waals surface area contributed by atoms with Gasteiger partial charge in [-0.2, -0.15) is 13.2 Å². The lowest BCUT2D eigenvalue weighted by Crippen LogP contribution is -2.51. The van der Waals surface area contributed by atoms with Crippen LogP contribution in [0.2, 0.25) is 0 Å². The minimum atomic E-state index is -4.55. The largest absolute Gasteiger partial charge is 0.497 e. The zero-order valence-corrected chi connectivity index (χ0v) is 28.7. The summed E-state index contributed by atoms with van der Waals surface area (Å²) in [5.74, 6) is -1.57. The van der Waals surface area contributed by atoms with Gasteiger partial charge < -0.3 is 24.4 Å². The molecule has 3 saturated heterocycles. The Labute approximate surface area is 294 Å². The van der Waals surface area contributed by atoms with Gasteiger partial charge in [-0.25, -0.2) is 9.18 Å². The standard InChI is InChI=1S/C39H43F4N3O5/c1-50-31-12-7-25(8-13-31)34-22-46(30-10-14-32(51-2)15-11-30)23-38(34,40)37(49)45-20-27-18-44(19-28(27)21-45)35-16-9-29(39(41,42)43)17-33(35)24-3-5-26(6-4-24)36(47)48/h3-9,12-13,16-17,27-28,30,32,34H,10-11,14-15,18-23H2,1-2H3,(H,47,48)/t27-,28+,30-,32-,34-,38-/m0/s1. The van der Waals surface area contributed by atoms with E-state index in [1.54, 1.807) is 31.3 Å². The molecule has 3 aromatic carbocycles. The molecule has 1 amide bonds. The molecule has 4 fully saturated rings. The maximum Gasteiger partial charge on any atom is 0.416 e. The number of carbonyl (C=O) groups excluding carboxylic acids is 1. The molecule has 0 radical (unpaired) electrons. The summed E-state index contributed by atoms with van der Waals surface area (Å²) < 4.78 is 69.8. The third-order valence-electron chi connectivity index (χ3n) is 11.7. The van der Waals surface area contributed by atoms with Gasteiger partial charge in [-0.3, -0.25) is 9.69 Å². The van der Waals surface area contributed by atoms with Gasteiger partial charge in [0, 0.05) is 81.4 Å². The van der Waals surface area contributed by atoms with E-state index in [2.05, 4.69) is 4.90 Å². The van der Waals surface area contributed by atoms with E-state index in [9.17, 15) is 27.9 Å². The van der Waals surface area contributed by atoms with Gasteiger partial charge in [-0.05, 0) is 79.3 Å². The molecule has 3 heterocycles. The Morgan fingerprint density at radius 1 is 0.843 bits per heavy atom. The summed E-state index contributed by atoms with van der Waals surface area (Å²) in [4.78, 5) is 31.6. The molecule has 12 heteroatoms.